The fourth-order valence-corrected chi connectivity index (χ4v) is 3.40. The fraction of sp³-hybridized carbons (Fsp3) is 0.611. The van der Waals surface area contributed by atoms with Crippen LogP contribution in [0.2, 0.25) is 0 Å². The number of carbonyl (C=O) groups excluding carboxylic acids is 1. The van der Waals surface area contributed by atoms with E-state index in [1.54, 1.807) is 10.9 Å². The Bertz CT molecular complexity index is 734. The molecule has 0 spiro atoms. The van der Waals surface area contributed by atoms with Gasteiger partial charge in [-0.25, -0.2) is 0 Å². The summed E-state index contributed by atoms with van der Waals surface area (Å²) in [6, 6.07) is -0.197. The molecule has 3 rings (SSSR count). The maximum Gasteiger partial charge on any atom is 0.220 e. The number of piperidine rings is 1. The molecule has 142 valence electrons. The summed E-state index contributed by atoms with van der Waals surface area (Å²) in [7, 11) is 1.86. The maximum atomic E-state index is 12.2. The second kappa shape index (κ2) is 8.01. The first kappa shape index (κ1) is 18.6. The van der Waals surface area contributed by atoms with Gasteiger partial charge in [0.25, 0.3) is 0 Å². The van der Waals surface area contributed by atoms with Crippen LogP contribution in [-0.4, -0.2) is 56.1 Å². The average Bonchev–Trinajstić information content (AvgIpc) is 3.15. The number of β-amino-alcohol motifs (C(OH)–C–C–N with tert-alkyl or cyclic N) is 1. The van der Waals surface area contributed by atoms with E-state index < -0.39 is 6.10 Å². The Morgan fingerprint density at radius 3 is 2.88 bits per heavy atom. The predicted octanol–water partition coefficient (Wildman–Crippen LogP) is 0.709. The van der Waals surface area contributed by atoms with E-state index in [4.69, 9.17) is 4.52 Å². The highest BCUT2D eigenvalue weighted by Gasteiger charge is 2.29. The third-order valence-corrected chi connectivity index (χ3v) is 4.97. The van der Waals surface area contributed by atoms with Gasteiger partial charge in [0.1, 0.15) is 5.76 Å². The Kier molecular flexibility index (Phi) is 5.73. The molecular formula is C18H27N5O3. The van der Waals surface area contributed by atoms with Gasteiger partial charge in [0.2, 0.25) is 5.91 Å². The summed E-state index contributed by atoms with van der Waals surface area (Å²) >= 11 is 0. The molecule has 3 heterocycles. The van der Waals surface area contributed by atoms with Gasteiger partial charge in [-0.2, -0.15) is 5.10 Å². The lowest BCUT2D eigenvalue weighted by molar-refractivity contribution is -0.123. The largest absolute Gasteiger partial charge is 0.390 e. The standard InChI is InChI=1S/C18H27N5O3/c1-12-15(13(2)26-21-12)10-23-7-6-16(17(24)11-23)20-18(25)5-4-14-8-19-22(3)9-14/h8-9,16-17,24H,4-7,10-11H2,1-3H3,(H,20,25)/t16-,17-/m1/s1. The molecule has 1 saturated heterocycles. The number of rotatable bonds is 6. The van der Waals surface area contributed by atoms with E-state index in [0.29, 0.717) is 25.9 Å². The molecule has 1 aliphatic rings. The molecule has 2 aromatic rings. The third-order valence-electron chi connectivity index (χ3n) is 4.97. The van der Waals surface area contributed by atoms with Gasteiger partial charge in [-0.3, -0.25) is 14.4 Å². The number of hydrogen-bond acceptors (Lipinski definition) is 6. The summed E-state index contributed by atoms with van der Waals surface area (Å²) < 4.78 is 6.93. The highest BCUT2D eigenvalue weighted by atomic mass is 16.5. The zero-order chi connectivity index (χ0) is 18.7. The molecule has 2 N–H and O–H groups in total. The minimum Gasteiger partial charge on any atom is -0.390 e. The number of aromatic nitrogens is 3. The fourth-order valence-electron chi connectivity index (χ4n) is 3.40. The highest BCUT2D eigenvalue weighted by molar-refractivity contribution is 5.76. The van der Waals surface area contributed by atoms with E-state index >= 15 is 0 Å². The molecule has 1 aliphatic heterocycles. The number of aliphatic hydroxyl groups is 1. The molecule has 8 nitrogen and oxygen atoms in total. The smallest absolute Gasteiger partial charge is 0.220 e. The number of aryl methyl sites for hydroxylation is 4. The molecule has 0 aliphatic carbocycles. The Hall–Kier alpha value is -2.19. The minimum absolute atomic E-state index is 0.0305. The van der Waals surface area contributed by atoms with Crippen molar-refractivity contribution < 1.29 is 14.4 Å². The number of amides is 1. The summed E-state index contributed by atoms with van der Waals surface area (Å²) in [5.74, 6) is 0.792. The van der Waals surface area contributed by atoms with Crippen LogP contribution < -0.4 is 5.32 Å². The molecule has 0 radical (unpaired) electrons. The molecule has 1 amide bonds. The number of nitrogens with zero attached hydrogens (tertiary/aromatic N) is 4. The molecule has 8 heteroatoms. The van der Waals surface area contributed by atoms with E-state index in [1.807, 2.05) is 27.1 Å². The van der Waals surface area contributed by atoms with Crippen LogP contribution in [0.1, 0.15) is 35.4 Å². The van der Waals surface area contributed by atoms with Crippen LogP contribution in [0.3, 0.4) is 0 Å². The van der Waals surface area contributed by atoms with Crippen LogP contribution in [0.25, 0.3) is 0 Å². The van der Waals surface area contributed by atoms with Crippen LogP contribution in [0, 0.1) is 13.8 Å². The van der Waals surface area contributed by atoms with Crippen LogP contribution in [0.5, 0.6) is 0 Å². The van der Waals surface area contributed by atoms with Gasteiger partial charge in [0, 0.05) is 44.9 Å². The summed E-state index contributed by atoms with van der Waals surface area (Å²) in [5.41, 5.74) is 3.01. The van der Waals surface area contributed by atoms with Crippen LogP contribution >= 0.6 is 0 Å². The number of hydrogen-bond donors (Lipinski definition) is 2. The molecule has 2 atom stereocenters. The maximum absolute atomic E-state index is 12.2. The number of aliphatic hydroxyl groups excluding tert-OH is 1. The highest BCUT2D eigenvalue weighted by Crippen LogP contribution is 2.19. The molecule has 26 heavy (non-hydrogen) atoms. The first-order chi connectivity index (χ1) is 12.4. The van der Waals surface area contributed by atoms with E-state index in [-0.39, 0.29) is 11.9 Å². The molecule has 1 fully saturated rings. The van der Waals surface area contributed by atoms with Crippen molar-refractivity contribution in [1.82, 2.24) is 25.2 Å². The van der Waals surface area contributed by atoms with Gasteiger partial charge in [0.15, 0.2) is 0 Å². The van der Waals surface area contributed by atoms with Gasteiger partial charge in [0.05, 0.1) is 24.0 Å². The minimum atomic E-state index is -0.577. The summed E-state index contributed by atoms with van der Waals surface area (Å²) in [5, 5.41) is 21.5. The Balaban J connectivity index is 1.45. The number of carbonyl (C=O) groups is 1. The second-order valence-electron chi connectivity index (χ2n) is 7.09. The third kappa shape index (κ3) is 4.50. The number of nitrogens with one attached hydrogen (secondary N) is 1. The first-order valence-electron chi connectivity index (χ1n) is 9.01. The van der Waals surface area contributed by atoms with Crippen molar-refractivity contribution in [1.29, 1.82) is 0 Å². The zero-order valence-electron chi connectivity index (χ0n) is 15.6. The Morgan fingerprint density at radius 2 is 2.27 bits per heavy atom. The normalized spacial score (nSPS) is 21.1. The van der Waals surface area contributed by atoms with Crippen LogP contribution in [-0.2, 0) is 24.8 Å². The van der Waals surface area contributed by atoms with Gasteiger partial charge in [-0.05, 0) is 32.3 Å². The number of likely N-dealkylation sites (tertiary alicyclic amines) is 1. The second-order valence-corrected chi connectivity index (χ2v) is 7.09. The van der Waals surface area contributed by atoms with Crippen molar-refractivity contribution in [2.24, 2.45) is 7.05 Å². The van der Waals surface area contributed by atoms with E-state index in [9.17, 15) is 9.90 Å². The SMILES string of the molecule is Cc1noc(C)c1CN1CC[C@@H](NC(=O)CCc2cnn(C)c2)[C@H](O)C1. The van der Waals surface area contributed by atoms with Crippen molar-refractivity contribution in [3.05, 3.63) is 35.0 Å². The lowest BCUT2D eigenvalue weighted by Gasteiger charge is -2.36. The van der Waals surface area contributed by atoms with E-state index in [1.165, 1.54) is 0 Å². The first-order valence-corrected chi connectivity index (χ1v) is 9.01. The molecule has 0 bridgehead atoms. The van der Waals surface area contributed by atoms with Crippen LogP contribution in [0.15, 0.2) is 16.9 Å². The Labute approximate surface area is 153 Å². The van der Waals surface area contributed by atoms with Crippen molar-refractivity contribution in [2.75, 3.05) is 13.1 Å². The summed E-state index contributed by atoms with van der Waals surface area (Å²) in [6.45, 7) is 5.88. The summed E-state index contributed by atoms with van der Waals surface area (Å²) in [6.07, 6.45) is 4.89. The lowest BCUT2D eigenvalue weighted by atomic mass is 10.0. The monoisotopic (exact) mass is 361 g/mol. The van der Waals surface area contributed by atoms with E-state index in [0.717, 1.165) is 35.5 Å². The van der Waals surface area contributed by atoms with Crippen molar-refractivity contribution in [2.45, 2.75) is 51.8 Å². The van der Waals surface area contributed by atoms with Crippen molar-refractivity contribution in [3.8, 4) is 0 Å². The molecular weight excluding hydrogens is 334 g/mol. The average molecular weight is 361 g/mol. The van der Waals surface area contributed by atoms with Crippen molar-refractivity contribution >= 4 is 5.91 Å². The summed E-state index contributed by atoms with van der Waals surface area (Å²) in [4.78, 5) is 14.4. The molecule has 2 aromatic heterocycles. The topological polar surface area (TPSA) is 96.4 Å². The lowest BCUT2D eigenvalue weighted by Crippen LogP contribution is -2.53. The molecule has 0 aromatic carbocycles. The van der Waals surface area contributed by atoms with Gasteiger partial charge < -0.3 is 14.9 Å². The van der Waals surface area contributed by atoms with Gasteiger partial charge >= 0.3 is 0 Å². The van der Waals surface area contributed by atoms with E-state index in [2.05, 4.69) is 20.5 Å². The van der Waals surface area contributed by atoms with Crippen molar-refractivity contribution in [3.63, 3.8) is 0 Å². The van der Waals surface area contributed by atoms with Crippen LogP contribution in [0.4, 0.5) is 0 Å². The quantitative estimate of drug-likeness (QED) is 0.787. The zero-order valence-corrected chi connectivity index (χ0v) is 15.6. The van der Waals surface area contributed by atoms with Gasteiger partial charge in [-0.15, -0.1) is 0 Å². The predicted molar refractivity (Wildman–Crippen MR) is 95.3 cm³/mol. The van der Waals surface area contributed by atoms with Gasteiger partial charge in [-0.1, -0.05) is 5.16 Å². The molecule has 0 unspecified atom stereocenters. The molecule has 0 saturated carbocycles. The Morgan fingerprint density at radius 1 is 1.46 bits per heavy atom.